The van der Waals surface area contributed by atoms with Gasteiger partial charge in [-0.15, -0.1) is 0 Å². The van der Waals surface area contributed by atoms with Gasteiger partial charge < -0.3 is 10.2 Å². The van der Waals surface area contributed by atoms with Gasteiger partial charge in [-0.05, 0) is 30.3 Å². The Balaban J connectivity index is 1.62. The lowest BCUT2D eigenvalue weighted by Crippen LogP contribution is -2.48. The summed E-state index contributed by atoms with van der Waals surface area (Å²) < 4.78 is 28.6. The second-order valence-corrected chi connectivity index (χ2v) is 10.1. The summed E-state index contributed by atoms with van der Waals surface area (Å²) in [6, 6.07) is 7.35. The number of carbonyl (C=O) groups excluding carboxylic acids is 1. The highest BCUT2D eigenvalue weighted by atomic mass is 32.2. The van der Waals surface area contributed by atoms with E-state index in [1.54, 1.807) is 12.3 Å². The van der Waals surface area contributed by atoms with Gasteiger partial charge in [0.25, 0.3) is 0 Å². The Morgan fingerprint density at radius 1 is 1.13 bits per heavy atom. The first-order valence-electron chi connectivity index (χ1n) is 9.73. The molecule has 158 valence electrons. The van der Waals surface area contributed by atoms with Crippen LogP contribution in [0.4, 0.5) is 5.13 Å². The van der Waals surface area contributed by atoms with E-state index >= 15 is 0 Å². The van der Waals surface area contributed by atoms with Crippen LogP contribution in [-0.4, -0.2) is 66.2 Å². The molecule has 4 rings (SSSR count). The van der Waals surface area contributed by atoms with E-state index in [0.29, 0.717) is 18.2 Å². The number of hydrogen-bond donors (Lipinski definition) is 1. The third-order valence-corrected chi connectivity index (χ3v) is 7.93. The first kappa shape index (κ1) is 20.9. The number of likely N-dealkylation sites (N-methyl/N-ethyl adjacent to an activating group) is 1. The van der Waals surface area contributed by atoms with Crippen LogP contribution >= 0.6 is 11.3 Å². The number of sulfonamides is 1. The van der Waals surface area contributed by atoms with Gasteiger partial charge in [0.05, 0.1) is 10.2 Å². The lowest BCUT2D eigenvalue weighted by Gasteiger charge is -2.33. The molecule has 1 N–H and O–H groups in total. The summed E-state index contributed by atoms with van der Waals surface area (Å²) in [5, 5.41) is 3.23. The van der Waals surface area contributed by atoms with E-state index in [2.05, 4.69) is 27.1 Å². The Bertz CT molecular complexity index is 1180. The number of amides is 1. The second-order valence-electron chi connectivity index (χ2n) is 7.13. The lowest BCUT2D eigenvalue weighted by atomic mass is 10.1. The van der Waals surface area contributed by atoms with E-state index < -0.39 is 10.0 Å². The van der Waals surface area contributed by atoms with Gasteiger partial charge in [-0.25, -0.2) is 13.4 Å². The van der Waals surface area contributed by atoms with Gasteiger partial charge in [-0.1, -0.05) is 24.3 Å². The molecule has 0 bridgehead atoms. The van der Waals surface area contributed by atoms with E-state index in [-0.39, 0.29) is 10.8 Å². The van der Waals surface area contributed by atoms with Crippen molar-refractivity contribution in [2.45, 2.75) is 18.7 Å². The first-order chi connectivity index (χ1) is 14.4. The smallest absolute Gasteiger partial charge is 0.244 e. The average Bonchev–Trinajstić information content (AvgIpc) is 3.14. The predicted molar refractivity (Wildman–Crippen MR) is 118 cm³/mol. The number of anilines is 1. The molecule has 0 spiro atoms. The maximum Gasteiger partial charge on any atom is 0.244 e. The minimum atomic E-state index is -3.59. The number of pyridine rings is 1. The molecule has 0 saturated carbocycles. The largest absolute Gasteiger partial charge is 0.302 e. The fourth-order valence-electron chi connectivity index (χ4n) is 3.46. The molecule has 3 heterocycles. The maximum atomic E-state index is 13.1. The number of aromatic nitrogens is 2. The first-order valence-corrected chi connectivity index (χ1v) is 12.0. The number of hydrogen-bond acceptors (Lipinski definition) is 7. The summed E-state index contributed by atoms with van der Waals surface area (Å²) in [6.45, 7) is 6.89. The van der Waals surface area contributed by atoms with Crippen molar-refractivity contribution >= 4 is 42.6 Å². The summed E-state index contributed by atoms with van der Waals surface area (Å²) in [7, 11) is -3.59. The van der Waals surface area contributed by atoms with Crippen molar-refractivity contribution < 1.29 is 13.2 Å². The highest BCUT2D eigenvalue weighted by molar-refractivity contribution is 7.89. The third-order valence-electron chi connectivity index (χ3n) is 5.13. The molecule has 0 radical (unpaired) electrons. The zero-order chi connectivity index (χ0) is 21.3. The average molecular weight is 446 g/mol. The second kappa shape index (κ2) is 8.38. The summed E-state index contributed by atoms with van der Waals surface area (Å²) in [6.07, 6.45) is 3.07. The molecule has 1 fully saturated rings. The molecule has 1 saturated heterocycles. The van der Waals surface area contributed by atoms with Crippen LogP contribution in [0.2, 0.25) is 0 Å². The van der Waals surface area contributed by atoms with Crippen molar-refractivity contribution in [3.8, 4) is 11.1 Å². The van der Waals surface area contributed by atoms with Gasteiger partial charge in [0, 0.05) is 51.1 Å². The van der Waals surface area contributed by atoms with Crippen molar-refractivity contribution in [2.75, 3.05) is 38.0 Å². The Hall–Kier alpha value is -2.40. The van der Waals surface area contributed by atoms with Crippen LogP contribution in [0.25, 0.3) is 21.3 Å². The van der Waals surface area contributed by atoms with E-state index in [0.717, 1.165) is 41.0 Å². The van der Waals surface area contributed by atoms with E-state index in [9.17, 15) is 13.2 Å². The topological polar surface area (TPSA) is 95.5 Å². The third kappa shape index (κ3) is 4.22. The normalized spacial score (nSPS) is 16.1. The van der Waals surface area contributed by atoms with Crippen LogP contribution in [0, 0.1) is 0 Å². The Morgan fingerprint density at radius 2 is 1.90 bits per heavy atom. The van der Waals surface area contributed by atoms with Crippen LogP contribution in [-0.2, 0) is 14.8 Å². The van der Waals surface area contributed by atoms with Crippen LogP contribution < -0.4 is 5.32 Å². The van der Waals surface area contributed by atoms with Gasteiger partial charge in [0.15, 0.2) is 5.13 Å². The number of benzene rings is 1. The van der Waals surface area contributed by atoms with Crippen molar-refractivity contribution in [3.05, 3.63) is 36.7 Å². The fourth-order valence-corrected chi connectivity index (χ4v) is 5.82. The molecule has 1 aromatic carbocycles. The van der Waals surface area contributed by atoms with Crippen LogP contribution in [0.3, 0.4) is 0 Å². The van der Waals surface area contributed by atoms with Crippen LogP contribution in [0.15, 0.2) is 41.6 Å². The molecule has 10 heteroatoms. The fraction of sp³-hybridized carbons (Fsp3) is 0.350. The standard InChI is InChI=1S/C20H23N5O3S2/c1-3-24-6-8-25(9-7-24)30(27,28)17-10-16(12-21-13-17)15-4-5-18-19(11-15)29-20(23-18)22-14(2)26/h4-5,10-13H,3,6-9H2,1-2H3,(H,22,23,26). The Morgan fingerprint density at radius 3 is 2.60 bits per heavy atom. The molecule has 0 unspecified atom stereocenters. The zero-order valence-corrected chi connectivity index (χ0v) is 18.5. The summed E-state index contributed by atoms with van der Waals surface area (Å²) in [4.78, 5) is 22.3. The molecular weight excluding hydrogens is 422 g/mol. The molecule has 3 aromatic rings. The number of thiazole rings is 1. The Labute approximate surface area is 179 Å². The predicted octanol–water partition coefficient (Wildman–Crippen LogP) is 2.64. The molecular formula is C20H23N5O3S2. The molecule has 30 heavy (non-hydrogen) atoms. The Kier molecular flexibility index (Phi) is 5.83. The SMILES string of the molecule is CCN1CCN(S(=O)(=O)c2cncc(-c3ccc4nc(NC(C)=O)sc4c3)c2)CC1. The summed E-state index contributed by atoms with van der Waals surface area (Å²) in [5.74, 6) is -0.170. The highest BCUT2D eigenvalue weighted by Crippen LogP contribution is 2.31. The molecule has 1 aliphatic heterocycles. The van der Waals surface area contributed by atoms with Gasteiger partial charge in [0.1, 0.15) is 4.90 Å². The van der Waals surface area contributed by atoms with Crippen molar-refractivity contribution in [2.24, 2.45) is 0 Å². The number of rotatable bonds is 5. The van der Waals surface area contributed by atoms with E-state index in [4.69, 9.17) is 0 Å². The molecule has 8 nitrogen and oxygen atoms in total. The monoisotopic (exact) mass is 445 g/mol. The van der Waals surface area contributed by atoms with E-state index in [1.165, 1.54) is 28.8 Å². The van der Waals surface area contributed by atoms with Gasteiger partial charge in [-0.2, -0.15) is 4.31 Å². The molecule has 2 aromatic heterocycles. The zero-order valence-electron chi connectivity index (χ0n) is 16.8. The van der Waals surface area contributed by atoms with Crippen LogP contribution in [0.1, 0.15) is 13.8 Å². The molecule has 0 aliphatic carbocycles. The maximum absolute atomic E-state index is 13.1. The lowest BCUT2D eigenvalue weighted by molar-refractivity contribution is -0.114. The van der Waals surface area contributed by atoms with Crippen molar-refractivity contribution in [3.63, 3.8) is 0 Å². The van der Waals surface area contributed by atoms with Gasteiger partial charge in [-0.3, -0.25) is 9.78 Å². The van der Waals surface area contributed by atoms with Crippen molar-refractivity contribution in [1.29, 1.82) is 0 Å². The van der Waals surface area contributed by atoms with E-state index in [1.807, 2.05) is 18.2 Å². The highest BCUT2D eigenvalue weighted by Gasteiger charge is 2.28. The molecule has 1 aliphatic rings. The summed E-state index contributed by atoms with van der Waals surface area (Å²) in [5.41, 5.74) is 2.35. The van der Waals surface area contributed by atoms with Crippen LogP contribution in [0.5, 0.6) is 0 Å². The minimum Gasteiger partial charge on any atom is -0.302 e. The number of nitrogens with one attached hydrogen (secondary N) is 1. The number of nitrogens with zero attached hydrogens (tertiary/aromatic N) is 4. The molecule has 0 atom stereocenters. The number of piperazine rings is 1. The van der Waals surface area contributed by atoms with Gasteiger partial charge >= 0.3 is 0 Å². The van der Waals surface area contributed by atoms with Crippen molar-refractivity contribution in [1.82, 2.24) is 19.2 Å². The molecule has 1 amide bonds. The number of carbonyl (C=O) groups is 1. The number of fused-ring (bicyclic) bond motifs is 1. The quantitative estimate of drug-likeness (QED) is 0.649. The summed E-state index contributed by atoms with van der Waals surface area (Å²) >= 11 is 1.37. The minimum absolute atomic E-state index is 0.170. The van der Waals surface area contributed by atoms with Gasteiger partial charge in [0.2, 0.25) is 15.9 Å².